The summed E-state index contributed by atoms with van der Waals surface area (Å²) >= 11 is 0. The molecule has 0 radical (unpaired) electrons. The number of aryl methyl sites for hydroxylation is 1. The lowest BCUT2D eigenvalue weighted by molar-refractivity contribution is 0.0733. The fraction of sp³-hybridized carbons (Fsp3) is 0.471. The fourth-order valence-electron chi connectivity index (χ4n) is 3.21. The Kier molecular flexibility index (Phi) is 3.95. The topological polar surface area (TPSA) is 92.1 Å². The first-order chi connectivity index (χ1) is 12.1. The molecule has 130 valence electrons. The number of pyridine rings is 1. The van der Waals surface area contributed by atoms with Gasteiger partial charge in [0, 0.05) is 37.0 Å². The van der Waals surface area contributed by atoms with E-state index in [2.05, 4.69) is 39.6 Å². The molecule has 4 heterocycles. The number of hydrogen-bond donors (Lipinski definition) is 1. The second-order valence-electron chi connectivity index (χ2n) is 6.94. The van der Waals surface area contributed by atoms with Crippen molar-refractivity contribution < 1.29 is 4.79 Å². The molecule has 4 rings (SSSR count). The molecule has 3 aromatic rings. The van der Waals surface area contributed by atoms with Gasteiger partial charge in [-0.15, -0.1) is 5.10 Å². The van der Waals surface area contributed by atoms with Gasteiger partial charge in [0.1, 0.15) is 0 Å². The Morgan fingerprint density at radius 3 is 3.08 bits per heavy atom. The third-order valence-corrected chi connectivity index (χ3v) is 4.70. The van der Waals surface area contributed by atoms with Gasteiger partial charge in [0.05, 0.1) is 11.3 Å². The number of fused-ring (bicyclic) bond motifs is 2. The minimum atomic E-state index is -0.000871. The van der Waals surface area contributed by atoms with Gasteiger partial charge < -0.3 is 4.90 Å². The van der Waals surface area contributed by atoms with Crippen LogP contribution >= 0.6 is 0 Å². The monoisotopic (exact) mass is 339 g/mol. The highest BCUT2D eigenvalue weighted by Gasteiger charge is 2.26. The van der Waals surface area contributed by atoms with Gasteiger partial charge in [-0.05, 0) is 41.3 Å². The van der Waals surface area contributed by atoms with E-state index in [4.69, 9.17) is 0 Å². The molecule has 1 amide bonds. The van der Waals surface area contributed by atoms with Gasteiger partial charge in [-0.25, -0.2) is 0 Å². The molecule has 0 aliphatic carbocycles. The van der Waals surface area contributed by atoms with Crippen molar-refractivity contribution in [3.05, 3.63) is 40.8 Å². The van der Waals surface area contributed by atoms with Gasteiger partial charge in [-0.2, -0.15) is 9.61 Å². The molecule has 0 saturated carbocycles. The normalized spacial score (nSPS) is 14.3. The highest BCUT2D eigenvalue weighted by Crippen LogP contribution is 2.23. The summed E-state index contributed by atoms with van der Waals surface area (Å²) in [6, 6.07) is 3.53. The molecule has 0 atom stereocenters. The van der Waals surface area contributed by atoms with Crippen LogP contribution in [0.5, 0.6) is 0 Å². The molecular formula is C17H21N7O. The summed E-state index contributed by atoms with van der Waals surface area (Å²) in [4.78, 5) is 14.8. The van der Waals surface area contributed by atoms with Crippen molar-refractivity contribution in [2.75, 3.05) is 6.54 Å². The van der Waals surface area contributed by atoms with E-state index in [1.165, 1.54) is 15.8 Å². The minimum absolute atomic E-state index is 0.000871. The minimum Gasteiger partial charge on any atom is -0.334 e. The Morgan fingerprint density at radius 1 is 1.36 bits per heavy atom. The third kappa shape index (κ3) is 2.99. The van der Waals surface area contributed by atoms with Crippen LogP contribution in [-0.4, -0.2) is 47.6 Å². The van der Waals surface area contributed by atoms with E-state index < -0.39 is 0 Å². The molecule has 8 heteroatoms. The maximum atomic E-state index is 12.9. The number of H-pyrrole nitrogens is 1. The summed E-state index contributed by atoms with van der Waals surface area (Å²) in [6.45, 7) is 5.71. The van der Waals surface area contributed by atoms with Crippen LogP contribution in [-0.2, 0) is 19.4 Å². The van der Waals surface area contributed by atoms with Crippen molar-refractivity contribution in [3.63, 3.8) is 0 Å². The SMILES string of the molecule is CC(C)CCc1n[nH]c2c1CN(C(=O)c1ccc3nnnn3c1)CC2. The van der Waals surface area contributed by atoms with Crippen molar-refractivity contribution in [1.82, 2.24) is 35.1 Å². The Hall–Kier alpha value is -2.77. The molecule has 0 saturated heterocycles. The van der Waals surface area contributed by atoms with Crippen molar-refractivity contribution in [2.24, 2.45) is 5.92 Å². The van der Waals surface area contributed by atoms with Crippen molar-refractivity contribution in [2.45, 2.75) is 39.7 Å². The first-order valence-corrected chi connectivity index (χ1v) is 8.64. The number of nitrogens with zero attached hydrogens (tertiary/aromatic N) is 6. The number of tetrazole rings is 1. The maximum absolute atomic E-state index is 12.9. The van der Waals surface area contributed by atoms with Crippen LogP contribution in [0.2, 0.25) is 0 Å². The van der Waals surface area contributed by atoms with Gasteiger partial charge in [0.15, 0.2) is 5.65 Å². The van der Waals surface area contributed by atoms with Crippen molar-refractivity contribution in [3.8, 4) is 0 Å². The third-order valence-electron chi connectivity index (χ3n) is 4.70. The standard InChI is InChI=1S/C17H21N7O/c1-11(2)3-5-14-13-10-23(8-7-15(13)19-18-14)17(25)12-4-6-16-20-21-22-24(16)9-12/h4,6,9,11H,3,5,7-8,10H2,1-2H3,(H,18,19). The smallest absolute Gasteiger partial charge is 0.255 e. The highest BCUT2D eigenvalue weighted by atomic mass is 16.2. The number of aromatic amines is 1. The quantitative estimate of drug-likeness (QED) is 0.780. The van der Waals surface area contributed by atoms with E-state index in [9.17, 15) is 4.79 Å². The number of carbonyl (C=O) groups is 1. The molecule has 8 nitrogen and oxygen atoms in total. The van der Waals surface area contributed by atoms with E-state index in [1.807, 2.05) is 4.90 Å². The zero-order valence-corrected chi connectivity index (χ0v) is 14.4. The van der Waals surface area contributed by atoms with Crippen LogP contribution in [0.15, 0.2) is 18.3 Å². The van der Waals surface area contributed by atoms with Crippen molar-refractivity contribution >= 4 is 11.6 Å². The van der Waals surface area contributed by atoms with Gasteiger partial charge in [-0.3, -0.25) is 9.89 Å². The highest BCUT2D eigenvalue weighted by molar-refractivity contribution is 5.94. The number of amides is 1. The fourth-order valence-corrected chi connectivity index (χ4v) is 3.21. The van der Waals surface area contributed by atoms with Gasteiger partial charge in [0.2, 0.25) is 0 Å². The first-order valence-electron chi connectivity index (χ1n) is 8.64. The molecule has 1 aliphatic heterocycles. The summed E-state index contributed by atoms with van der Waals surface area (Å²) in [6.07, 6.45) is 4.54. The molecule has 0 spiro atoms. The molecule has 0 fully saturated rings. The maximum Gasteiger partial charge on any atom is 0.255 e. The van der Waals surface area contributed by atoms with Crippen LogP contribution in [0.1, 0.15) is 47.6 Å². The van der Waals surface area contributed by atoms with Crippen LogP contribution in [0.4, 0.5) is 0 Å². The van der Waals surface area contributed by atoms with Crippen LogP contribution in [0, 0.1) is 5.92 Å². The lowest BCUT2D eigenvalue weighted by Gasteiger charge is -2.27. The van der Waals surface area contributed by atoms with E-state index >= 15 is 0 Å². The summed E-state index contributed by atoms with van der Waals surface area (Å²) in [5.41, 5.74) is 4.67. The van der Waals surface area contributed by atoms with E-state index in [-0.39, 0.29) is 5.91 Å². The van der Waals surface area contributed by atoms with Crippen LogP contribution in [0.25, 0.3) is 5.65 Å². The number of nitrogens with one attached hydrogen (secondary N) is 1. The Labute approximate surface area is 145 Å². The summed E-state index contributed by atoms with van der Waals surface area (Å²) in [5, 5.41) is 19.0. The van der Waals surface area contributed by atoms with Gasteiger partial charge in [-0.1, -0.05) is 13.8 Å². The number of rotatable bonds is 4. The molecule has 1 aliphatic rings. The lowest BCUT2D eigenvalue weighted by atomic mass is 9.99. The summed E-state index contributed by atoms with van der Waals surface area (Å²) in [7, 11) is 0. The van der Waals surface area contributed by atoms with E-state index in [1.54, 1.807) is 18.3 Å². The predicted molar refractivity (Wildman–Crippen MR) is 91.0 cm³/mol. The molecule has 0 bridgehead atoms. The van der Waals surface area contributed by atoms with E-state index in [0.29, 0.717) is 30.2 Å². The molecular weight excluding hydrogens is 318 g/mol. The molecule has 0 unspecified atom stereocenters. The Bertz CT molecular complexity index is 911. The molecule has 0 aromatic carbocycles. The first kappa shape index (κ1) is 15.7. The van der Waals surface area contributed by atoms with E-state index in [0.717, 1.165) is 25.0 Å². The van der Waals surface area contributed by atoms with Crippen LogP contribution < -0.4 is 0 Å². The average molecular weight is 339 g/mol. The molecule has 25 heavy (non-hydrogen) atoms. The summed E-state index contributed by atoms with van der Waals surface area (Å²) < 4.78 is 1.52. The molecule has 1 N–H and O–H groups in total. The Morgan fingerprint density at radius 2 is 2.24 bits per heavy atom. The largest absolute Gasteiger partial charge is 0.334 e. The second kappa shape index (κ2) is 6.27. The van der Waals surface area contributed by atoms with Crippen LogP contribution in [0.3, 0.4) is 0 Å². The number of aromatic nitrogens is 6. The lowest BCUT2D eigenvalue weighted by Crippen LogP contribution is -2.36. The number of carbonyl (C=O) groups excluding carboxylic acids is 1. The van der Waals surface area contributed by atoms with Gasteiger partial charge in [0.25, 0.3) is 5.91 Å². The van der Waals surface area contributed by atoms with Gasteiger partial charge >= 0.3 is 0 Å². The van der Waals surface area contributed by atoms with Crippen molar-refractivity contribution in [1.29, 1.82) is 0 Å². The zero-order chi connectivity index (χ0) is 17.4. The molecule has 3 aromatic heterocycles. The Balaban J connectivity index is 1.54. The second-order valence-corrected chi connectivity index (χ2v) is 6.94. The average Bonchev–Trinajstić information content (AvgIpc) is 3.24. The number of hydrogen-bond acceptors (Lipinski definition) is 5. The zero-order valence-electron chi connectivity index (χ0n) is 14.4. The predicted octanol–water partition coefficient (Wildman–Crippen LogP) is 1.63. The summed E-state index contributed by atoms with van der Waals surface area (Å²) in [5.74, 6) is 0.635.